The minimum atomic E-state index is -2.78. The molecule has 1 aromatic rings. The van der Waals surface area contributed by atoms with Gasteiger partial charge in [-0.1, -0.05) is 12.1 Å². The molecule has 0 unspecified atom stereocenters. The lowest BCUT2D eigenvalue weighted by Gasteiger charge is -2.15. The molecule has 0 radical (unpaired) electrons. The first-order valence-corrected chi connectivity index (χ1v) is 5.33. The van der Waals surface area contributed by atoms with Crippen LogP contribution in [0.1, 0.15) is 24.0 Å². The Morgan fingerprint density at radius 1 is 1.44 bits per heavy atom. The Morgan fingerprint density at radius 2 is 2.12 bits per heavy atom. The average molecular weight is 227 g/mol. The molecule has 2 rings (SSSR count). The Morgan fingerprint density at radius 3 is 2.62 bits per heavy atom. The van der Waals surface area contributed by atoms with E-state index in [2.05, 4.69) is 4.74 Å². The summed E-state index contributed by atoms with van der Waals surface area (Å²) in [5.41, 5.74) is 7.44. The van der Waals surface area contributed by atoms with E-state index in [-0.39, 0.29) is 11.2 Å². The summed E-state index contributed by atoms with van der Waals surface area (Å²) in [7, 11) is 0. The second-order valence-corrected chi connectivity index (χ2v) is 4.34. The summed E-state index contributed by atoms with van der Waals surface area (Å²) in [6.45, 7) is -0.463. The lowest BCUT2D eigenvalue weighted by Crippen LogP contribution is -2.19. The van der Waals surface area contributed by atoms with E-state index in [4.69, 9.17) is 5.73 Å². The molecule has 1 aliphatic rings. The highest BCUT2D eigenvalue weighted by atomic mass is 19.3. The molecule has 1 fully saturated rings. The molecule has 16 heavy (non-hydrogen) atoms. The molecule has 0 saturated heterocycles. The molecule has 0 aliphatic heterocycles. The van der Waals surface area contributed by atoms with Gasteiger partial charge in [0.2, 0.25) is 0 Å². The summed E-state index contributed by atoms with van der Waals surface area (Å²) in [5.74, 6) is 0.257. The zero-order chi connectivity index (χ0) is 11.8. The second kappa shape index (κ2) is 4.01. The van der Waals surface area contributed by atoms with Crippen molar-refractivity contribution in [2.24, 2.45) is 5.73 Å². The number of benzene rings is 1. The van der Waals surface area contributed by atoms with Crippen LogP contribution < -0.4 is 10.5 Å². The van der Waals surface area contributed by atoms with Crippen molar-refractivity contribution in [2.45, 2.75) is 31.8 Å². The summed E-state index contributed by atoms with van der Waals surface area (Å²) in [6.07, 6.45) is 2.06. The molecule has 1 aliphatic carbocycles. The second-order valence-electron chi connectivity index (χ2n) is 4.34. The first-order valence-electron chi connectivity index (χ1n) is 5.33. The fraction of sp³-hybridized carbons (Fsp3) is 0.500. The summed E-state index contributed by atoms with van der Waals surface area (Å²) < 4.78 is 28.8. The van der Waals surface area contributed by atoms with Gasteiger partial charge in [0.05, 0.1) is 0 Å². The van der Waals surface area contributed by atoms with E-state index in [0.29, 0.717) is 6.54 Å². The van der Waals surface area contributed by atoms with Crippen LogP contribution in [-0.4, -0.2) is 13.2 Å². The smallest absolute Gasteiger partial charge is 0.387 e. The maximum atomic E-state index is 12.2. The molecule has 2 N–H and O–H groups in total. The monoisotopic (exact) mass is 227 g/mol. The maximum Gasteiger partial charge on any atom is 0.387 e. The molecule has 4 heteroatoms. The number of alkyl halides is 2. The highest BCUT2D eigenvalue weighted by Crippen LogP contribution is 2.48. The van der Waals surface area contributed by atoms with Crippen LogP contribution in [0.4, 0.5) is 8.78 Å². The molecular weight excluding hydrogens is 212 g/mol. The normalized spacial score (nSPS) is 17.6. The van der Waals surface area contributed by atoms with Crippen LogP contribution in [-0.2, 0) is 5.41 Å². The van der Waals surface area contributed by atoms with Gasteiger partial charge in [-0.2, -0.15) is 8.78 Å². The van der Waals surface area contributed by atoms with Crippen molar-refractivity contribution in [1.82, 2.24) is 0 Å². The van der Waals surface area contributed by atoms with Gasteiger partial charge >= 0.3 is 6.61 Å². The van der Waals surface area contributed by atoms with Gasteiger partial charge in [0.15, 0.2) is 0 Å². The predicted octanol–water partition coefficient (Wildman–Crippen LogP) is 2.59. The van der Waals surface area contributed by atoms with Gasteiger partial charge in [-0.15, -0.1) is 0 Å². The van der Waals surface area contributed by atoms with Crippen LogP contribution in [0.2, 0.25) is 0 Å². The van der Waals surface area contributed by atoms with Crippen molar-refractivity contribution in [3.63, 3.8) is 0 Å². The van der Waals surface area contributed by atoms with E-state index < -0.39 is 6.61 Å². The number of nitrogens with two attached hydrogens (primary N) is 1. The third-order valence-electron chi connectivity index (χ3n) is 3.26. The van der Waals surface area contributed by atoms with Crippen LogP contribution in [0.3, 0.4) is 0 Å². The standard InChI is InChI=1S/C12H15F2NO/c1-8-2-3-9(12(7-15)4-5-12)6-10(8)16-11(13)14/h2-3,6,11H,4-5,7,15H2,1H3. The molecule has 0 aromatic heterocycles. The van der Waals surface area contributed by atoms with Crippen LogP contribution >= 0.6 is 0 Å². The van der Waals surface area contributed by atoms with Gasteiger partial charge in [0, 0.05) is 12.0 Å². The van der Waals surface area contributed by atoms with Crippen LogP contribution in [0, 0.1) is 6.92 Å². The Bertz CT molecular complexity index is 389. The number of ether oxygens (including phenoxy) is 1. The minimum Gasteiger partial charge on any atom is -0.435 e. The summed E-state index contributed by atoms with van der Waals surface area (Å²) in [5, 5.41) is 0. The van der Waals surface area contributed by atoms with E-state index in [1.165, 1.54) is 0 Å². The lowest BCUT2D eigenvalue weighted by atomic mass is 9.95. The van der Waals surface area contributed by atoms with Crippen molar-refractivity contribution in [3.8, 4) is 5.75 Å². The number of hydrogen-bond donors (Lipinski definition) is 1. The fourth-order valence-electron chi connectivity index (χ4n) is 1.91. The highest BCUT2D eigenvalue weighted by Gasteiger charge is 2.43. The fourth-order valence-corrected chi connectivity index (χ4v) is 1.91. The first kappa shape index (κ1) is 11.3. The van der Waals surface area contributed by atoms with Crippen molar-refractivity contribution >= 4 is 0 Å². The van der Waals surface area contributed by atoms with E-state index in [0.717, 1.165) is 24.0 Å². The van der Waals surface area contributed by atoms with E-state index in [9.17, 15) is 8.78 Å². The number of hydrogen-bond acceptors (Lipinski definition) is 2. The quantitative estimate of drug-likeness (QED) is 0.858. The summed E-state index contributed by atoms with van der Waals surface area (Å²) >= 11 is 0. The zero-order valence-electron chi connectivity index (χ0n) is 9.17. The summed E-state index contributed by atoms with van der Waals surface area (Å²) in [6, 6.07) is 5.46. The maximum absolute atomic E-state index is 12.2. The Labute approximate surface area is 93.4 Å². The SMILES string of the molecule is Cc1ccc(C2(CN)CC2)cc1OC(F)F. The molecule has 1 saturated carbocycles. The number of aryl methyl sites for hydroxylation is 1. The molecule has 2 nitrogen and oxygen atoms in total. The van der Waals surface area contributed by atoms with Crippen molar-refractivity contribution in [2.75, 3.05) is 6.54 Å². The average Bonchev–Trinajstić information content (AvgIpc) is 3.01. The van der Waals surface area contributed by atoms with Gasteiger partial charge in [-0.3, -0.25) is 0 Å². The molecular formula is C12H15F2NO. The Balaban J connectivity index is 2.28. The summed E-state index contributed by atoms with van der Waals surface area (Å²) in [4.78, 5) is 0. The van der Waals surface area contributed by atoms with Crippen LogP contribution in [0.15, 0.2) is 18.2 Å². The molecule has 0 amide bonds. The molecule has 0 atom stereocenters. The predicted molar refractivity (Wildman–Crippen MR) is 57.8 cm³/mol. The molecule has 88 valence electrons. The topological polar surface area (TPSA) is 35.2 Å². The largest absolute Gasteiger partial charge is 0.435 e. The Hall–Kier alpha value is -1.16. The van der Waals surface area contributed by atoms with E-state index in [1.54, 1.807) is 13.0 Å². The van der Waals surface area contributed by atoms with Crippen LogP contribution in [0.5, 0.6) is 5.75 Å². The Kier molecular flexibility index (Phi) is 2.84. The van der Waals surface area contributed by atoms with Gasteiger partial charge in [-0.25, -0.2) is 0 Å². The highest BCUT2D eigenvalue weighted by molar-refractivity contribution is 5.42. The zero-order valence-corrected chi connectivity index (χ0v) is 9.17. The van der Waals surface area contributed by atoms with Crippen LogP contribution in [0.25, 0.3) is 0 Å². The van der Waals surface area contributed by atoms with Gasteiger partial charge in [0.1, 0.15) is 5.75 Å². The van der Waals surface area contributed by atoms with Crippen molar-refractivity contribution in [3.05, 3.63) is 29.3 Å². The third-order valence-corrected chi connectivity index (χ3v) is 3.26. The lowest BCUT2D eigenvalue weighted by molar-refractivity contribution is -0.0503. The first-order chi connectivity index (χ1) is 7.57. The number of rotatable bonds is 4. The van der Waals surface area contributed by atoms with E-state index >= 15 is 0 Å². The molecule has 1 aromatic carbocycles. The third kappa shape index (κ3) is 2.02. The number of halogens is 2. The van der Waals surface area contributed by atoms with Crippen molar-refractivity contribution < 1.29 is 13.5 Å². The van der Waals surface area contributed by atoms with Gasteiger partial charge in [0.25, 0.3) is 0 Å². The molecule has 0 spiro atoms. The molecule has 0 bridgehead atoms. The van der Waals surface area contributed by atoms with Gasteiger partial charge in [-0.05, 0) is 37.0 Å². The van der Waals surface area contributed by atoms with E-state index in [1.807, 2.05) is 12.1 Å². The van der Waals surface area contributed by atoms with Crippen molar-refractivity contribution in [1.29, 1.82) is 0 Å². The molecule has 0 heterocycles. The van der Waals surface area contributed by atoms with Gasteiger partial charge < -0.3 is 10.5 Å². The minimum absolute atomic E-state index is 0.00787.